The molecule has 4 nitrogen and oxygen atoms in total. The first-order valence-electron chi connectivity index (χ1n) is 3.52. The van der Waals surface area contributed by atoms with Gasteiger partial charge in [0.05, 0.1) is 6.10 Å². The van der Waals surface area contributed by atoms with Gasteiger partial charge in [-0.05, 0) is 30.7 Å². The zero-order valence-electron chi connectivity index (χ0n) is 5.77. The molecule has 1 fully saturated rings. The molecule has 1 rings (SSSR count). The molecule has 1 unspecified atom stereocenters. The molecule has 1 saturated carbocycles. The van der Waals surface area contributed by atoms with Crippen LogP contribution in [-0.2, 0) is 0 Å². The van der Waals surface area contributed by atoms with Crippen LogP contribution in [-0.4, -0.2) is 17.8 Å². The van der Waals surface area contributed by atoms with Gasteiger partial charge >= 0.3 is 0 Å². The molecule has 0 aromatic heterocycles. The van der Waals surface area contributed by atoms with E-state index in [1.165, 1.54) is 0 Å². The number of rotatable bonds is 2. The zero-order valence-corrected chi connectivity index (χ0v) is 5.77. The Hall–Kier alpha value is -0.730. The first-order chi connectivity index (χ1) is 4.83. The molecule has 1 aliphatic rings. The van der Waals surface area contributed by atoms with E-state index in [0.29, 0.717) is 12.5 Å². The number of nitrogens with zero attached hydrogens (tertiary/aromatic N) is 3. The van der Waals surface area contributed by atoms with Crippen molar-refractivity contribution in [3.8, 4) is 0 Å². The van der Waals surface area contributed by atoms with E-state index in [9.17, 15) is 0 Å². The highest BCUT2D eigenvalue weighted by Crippen LogP contribution is 2.25. The Labute approximate surface area is 59.5 Å². The van der Waals surface area contributed by atoms with Crippen molar-refractivity contribution in [3.05, 3.63) is 10.4 Å². The normalized spacial score (nSPS) is 31.7. The van der Waals surface area contributed by atoms with Gasteiger partial charge in [0.1, 0.15) is 0 Å². The second-order valence-electron chi connectivity index (χ2n) is 2.75. The summed E-state index contributed by atoms with van der Waals surface area (Å²) in [4.78, 5) is 2.67. The molecule has 56 valence electrons. The molecule has 10 heavy (non-hydrogen) atoms. The highest BCUT2D eigenvalue weighted by Gasteiger charge is 2.21. The molecule has 0 aromatic rings. The maximum absolute atomic E-state index is 9.06. The molecule has 4 heteroatoms. The molecule has 0 amide bonds. The van der Waals surface area contributed by atoms with Gasteiger partial charge in [-0.1, -0.05) is 5.11 Å². The summed E-state index contributed by atoms with van der Waals surface area (Å²) in [6, 6.07) is 0. The number of azide groups is 1. The fourth-order valence-corrected chi connectivity index (χ4v) is 1.37. The zero-order chi connectivity index (χ0) is 7.40. The third-order valence-corrected chi connectivity index (χ3v) is 1.92. The highest BCUT2D eigenvalue weighted by atomic mass is 16.3. The van der Waals surface area contributed by atoms with Gasteiger partial charge < -0.3 is 5.11 Å². The molecule has 0 bridgehead atoms. The number of aliphatic hydroxyl groups is 1. The number of hydrogen-bond acceptors (Lipinski definition) is 2. The van der Waals surface area contributed by atoms with Crippen LogP contribution in [0.15, 0.2) is 5.11 Å². The second-order valence-corrected chi connectivity index (χ2v) is 2.75. The molecule has 0 aliphatic heterocycles. The van der Waals surface area contributed by atoms with Crippen molar-refractivity contribution in [2.45, 2.75) is 25.4 Å². The lowest BCUT2D eigenvalue weighted by Crippen LogP contribution is -2.02. The standard InChI is InChI=1S/C6H11N3O/c7-9-8-4-5-1-2-6(10)3-5/h5-6,10H,1-4H2/t5-,6?/m0/s1. The summed E-state index contributed by atoms with van der Waals surface area (Å²) in [6.45, 7) is 0.549. The van der Waals surface area contributed by atoms with E-state index in [-0.39, 0.29) is 6.10 Å². The van der Waals surface area contributed by atoms with Crippen molar-refractivity contribution in [2.24, 2.45) is 11.0 Å². The van der Waals surface area contributed by atoms with Crippen molar-refractivity contribution >= 4 is 0 Å². The first-order valence-corrected chi connectivity index (χ1v) is 3.52. The van der Waals surface area contributed by atoms with Gasteiger partial charge in [0, 0.05) is 11.5 Å². The third kappa shape index (κ3) is 1.90. The van der Waals surface area contributed by atoms with Gasteiger partial charge in [-0.25, -0.2) is 0 Å². The molecule has 1 aliphatic carbocycles. The summed E-state index contributed by atoms with van der Waals surface area (Å²) in [5, 5.41) is 12.5. The molecule has 0 saturated heterocycles. The Morgan fingerprint density at radius 1 is 1.60 bits per heavy atom. The van der Waals surface area contributed by atoms with Crippen LogP contribution in [0.3, 0.4) is 0 Å². The van der Waals surface area contributed by atoms with E-state index in [2.05, 4.69) is 10.0 Å². The maximum Gasteiger partial charge on any atom is 0.0543 e. The summed E-state index contributed by atoms with van der Waals surface area (Å²) in [7, 11) is 0. The Bertz CT molecular complexity index is 153. The minimum absolute atomic E-state index is 0.154. The van der Waals surface area contributed by atoms with Crippen molar-refractivity contribution < 1.29 is 5.11 Å². The van der Waals surface area contributed by atoms with Crippen LogP contribution in [0.4, 0.5) is 0 Å². The van der Waals surface area contributed by atoms with E-state index in [4.69, 9.17) is 10.6 Å². The minimum atomic E-state index is -0.154. The van der Waals surface area contributed by atoms with Crippen molar-refractivity contribution in [2.75, 3.05) is 6.54 Å². The Morgan fingerprint density at radius 3 is 2.90 bits per heavy atom. The molecule has 0 spiro atoms. The lowest BCUT2D eigenvalue weighted by Gasteiger charge is -2.01. The van der Waals surface area contributed by atoms with Crippen molar-refractivity contribution in [3.63, 3.8) is 0 Å². The van der Waals surface area contributed by atoms with Crippen LogP contribution in [0.2, 0.25) is 0 Å². The predicted molar refractivity (Wildman–Crippen MR) is 37.4 cm³/mol. The Morgan fingerprint density at radius 2 is 2.40 bits per heavy atom. The van der Waals surface area contributed by atoms with E-state index < -0.39 is 0 Å². The van der Waals surface area contributed by atoms with Gasteiger partial charge in [0.15, 0.2) is 0 Å². The first kappa shape index (κ1) is 7.38. The average molecular weight is 141 g/mol. The SMILES string of the molecule is [N-]=[N+]=NC[C@H]1CCC(O)C1. The monoisotopic (exact) mass is 141 g/mol. The quantitative estimate of drug-likeness (QED) is 0.353. The highest BCUT2D eigenvalue weighted by molar-refractivity contribution is 4.75. The van der Waals surface area contributed by atoms with E-state index in [1.54, 1.807) is 0 Å². The summed E-state index contributed by atoms with van der Waals surface area (Å²) in [6.07, 6.45) is 2.52. The molecule has 1 N–H and O–H groups in total. The van der Waals surface area contributed by atoms with Crippen LogP contribution < -0.4 is 0 Å². The van der Waals surface area contributed by atoms with E-state index >= 15 is 0 Å². The van der Waals surface area contributed by atoms with Crippen LogP contribution in [0.25, 0.3) is 10.4 Å². The Kier molecular flexibility index (Phi) is 2.54. The molecule has 0 heterocycles. The fraction of sp³-hybridized carbons (Fsp3) is 1.00. The fourth-order valence-electron chi connectivity index (χ4n) is 1.37. The largest absolute Gasteiger partial charge is 0.393 e. The second kappa shape index (κ2) is 3.44. The molecule has 2 atom stereocenters. The molecule has 0 aromatic carbocycles. The molecular weight excluding hydrogens is 130 g/mol. The van der Waals surface area contributed by atoms with Crippen LogP contribution in [0.1, 0.15) is 19.3 Å². The van der Waals surface area contributed by atoms with Crippen molar-refractivity contribution in [1.29, 1.82) is 0 Å². The van der Waals surface area contributed by atoms with Gasteiger partial charge in [-0.2, -0.15) is 0 Å². The van der Waals surface area contributed by atoms with Gasteiger partial charge in [0.25, 0.3) is 0 Å². The van der Waals surface area contributed by atoms with Gasteiger partial charge in [0.2, 0.25) is 0 Å². The van der Waals surface area contributed by atoms with Crippen LogP contribution in [0, 0.1) is 5.92 Å². The molecule has 0 radical (unpaired) electrons. The minimum Gasteiger partial charge on any atom is -0.393 e. The van der Waals surface area contributed by atoms with Gasteiger partial charge in [-0.15, -0.1) is 0 Å². The molecular formula is C6H11N3O. The van der Waals surface area contributed by atoms with Crippen molar-refractivity contribution in [1.82, 2.24) is 0 Å². The summed E-state index contributed by atoms with van der Waals surface area (Å²) in [5.74, 6) is 0.422. The maximum atomic E-state index is 9.06. The van der Waals surface area contributed by atoms with E-state index in [1.807, 2.05) is 0 Å². The lowest BCUT2D eigenvalue weighted by molar-refractivity contribution is 0.178. The van der Waals surface area contributed by atoms with E-state index in [0.717, 1.165) is 19.3 Å². The van der Waals surface area contributed by atoms with Gasteiger partial charge in [-0.3, -0.25) is 0 Å². The number of aliphatic hydroxyl groups excluding tert-OH is 1. The average Bonchev–Trinajstić information content (AvgIpc) is 2.31. The summed E-state index contributed by atoms with van der Waals surface area (Å²) >= 11 is 0. The topological polar surface area (TPSA) is 69.0 Å². The smallest absolute Gasteiger partial charge is 0.0543 e. The Balaban J connectivity index is 2.24. The van der Waals surface area contributed by atoms with Crippen LogP contribution >= 0.6 is 0 Å². The lowest BCUT2D eigenvalue weighted by atomic mass is 10.1. The number of hydrogen-bond donors (Lipinski definition) is 1. The predicted octanol–water partition coefficient (Wildman–Crippen LogP) is 1.46. The summed E-state index contributed by atoms with van der Waals surface area (Å²) < 4.78 is 0. The third-order valence-electron chi connectivity index (χ3n) is 1.92. The summed E-state index contributed by atoms with van der Waals surface area (Å²) in [5.41, 5.74) is 7.99. The van der Waals surface area contributed by atoms with Crippen LogP contribution in [0.5, 0.6) is 0 Å².